The van der Waals surface area contributed by atoms with E-state index in [1.165, 1.54) is 10.4 Å². The van der Waals surface area contributed by atoms with Crippen LogP contribution in [0.1, 0.15) is 12.8 Å². The zero-order chi connectivity index (χ0) is 12.2. The van der Waals surface area contributed by atoms with Gasteiger partial charge in [0.2, 0.25) is 0 Å². The van der Waals surface area contributed by atoms with E-state index in [9.17, 15) is 4.79 Å². The van der Waals surface area contributed by atoms with Gasteiger partial charge in [-0.15, -0.1) is 6.08 Å². The Hall–Kier alpha value is 0.838. The predicted octanol–water partition coefficient (Wildman–Crippen LogP) is -4.22. The molecule has 1 saturated heterocycles. The van der Waals surface area contributed by atoms with Crippen LogP contribution in [0.15, 0.2) is 16.5 Å². The van der Waals surface area contributed by atoms with Crippen molar-refractivity contribution in [1.29, 1.82) is 0 Å². The maximum Gasteiger partial charge on any atom is 4.00 e. The molecule has 19 heavy (non-hydrogen) atoms. The fraction of sp³-hybridized carbons (Fsp3) is 0.500. The van der Waals surface area contributed by atoms with Crippen molar-refractivity contribution in [3.8, 4) is 0 Å². The molecular formula is C12H20Cl2O2Si2Ti. The SMILES string of the molecule is O=C1[C-]=C2[SiH2]C2=C1.[CH2-]CCCO[Si](C)(C)C.[Cl-].[Cl-].[Ti+4]. The second-order valence-electron chi connectivity index (χ2n) is 4.98. The van der Waals surface area contributed by atoms with Crippen LogP contribution in [0.4, 0.5) is 0 Å². The minimum absolute atomic E-state index is 0. The molecular weight excluding hydrogens is 351 g/mol. The van der Waals surface area contributed by atoms with Gasteiger partial charge in [-0.05, 0) is 29.2 Å². The first kappa shape index (κ1) is 24.8. The van der Waals surface area contributed by atoms with Gasteiger partial charge in [-0.25, -0.2) is 5.20 Å². The molecule has 2 rings (SSSR count). The third-order valence-corrected chi connectivity index (χ3v) is 4.71. The Morgan fingerprint density at radius 1 is 1.37 bits per heavy atom. The minimum Gasteiger partial charge on any atom is -1.00 e. The van der Waals surface area contributed by atoms with E-state index in [-0.39, 0.29) is 61.8 Å². The zero-order valence-corrected chi connectivity index (χ0v) is 17.2. The number of carbonyl (C=O) groups excluding carboxylic acids is 1. The Labute approximate surface area is 147 Å². The Kier molecular flexibility index (Phi) is 15.0. The van der Waals surface area contributed by atoms with Crippen molar-refractivity contribution in [3.63, 3.8) is 0 Å². The molecule has 1 aliphatic heterocycles. The Morgan fingerprint density at radius 2 is 1.95 bits per heavy atom. The summed E-state index contributed by atoms with van der Waals surface area (Å²) < 4.78 is 5.57. The zero-order valence-electron chi connectivity index (χ0n) is 11.7. The third-order valence-electron chi connectivity index (χ3n) is 2.14. The van der Waals surface area contributed by atoms with E-state index in [0.717, 1.165) is 19.4 Å². The topological polar surface area (TPSA) is 26.3 Å². The summed E-state index contributed by atoms with van der Waals surface area (Å²) in [5, 5.41) is 2.61. The van der Waals surface area contributed by atoms with Crippen LogP contribution < -0.4 is 24.8 Å². The smallest absolute Gasteiger partial charge is 1.00 e. The Bertz CT molecular complexity index is 319. The van der Waals surface area contributed by atoms with E-state index in [1.54, 1.807) is 6.08 Å². The van der Waals surface area contributed by atoms with E-state index < -0.39 is 8.32 Å². The molecule has 0 saturated carbocycles. The average Bonchev–Trinajstić information content (AvgIpc) is 2.74. The number of rotatable bonds is 4. The average molecular weight is 371 g/mol. The van der Waals surface area contributed by atoms with Crippen LogP contribution in [0.25, 0.3) is 0 Å². The molecule has 0 aromatic heterocycles. The van der Waals surface area contributed by atoms with Crippen molar-refractivity contribution in [2.24, 2.45) is 0 Å². The van der Waals surface area contributed by atoms with E-state index in [0.29, 0.717) is 0 Å². The van der Waals surface area contributed by atoms with Crippen LogP contribution in [0.3, 0.4) is 0 Å². The molecule has 1 aliphatic carbocycles. The maximum atomic E-state index is 10.3. The quantitative estimate of drug-likeness (QED) is 0.285. The van der Waals surface area contributed by atoms with Gasteiger partial charge in [0.15, 0.2) is 8.32 Å². The molecule has 0 aromatic carbocycles. The van der Waals surface area contributed by atoms with Gasteiger partial charge >= 0.3 is 21.7 Å². The van der Waals surface area contributed by atoms with Gasteiger partial charge in [0.1, 0.15) is 0 Å². The molecule has 0 unspecified atom stereocenters. The number of hydrogen-bond acceptors (Lipinski definition) is 2. The first-order chi connectivity index (χ1) is 7.42. The molecule has 0 radical (unpaired) electrons. The van der Waals surface area contributed by atoms with Crippen LogP contribution in [-0.4, -0.2) is 30.2 Å². The van der Waals surface area contributed by atoms with Crippen molar-refractivity contribution in [1.82, 2.24) is 0 Å². The van der Waals surface area contributed by atoms with Gasteiger partial charge < -0.3 is 41.0 Å². The summed E-state index contributed by atoms with van der Waals surface area (Å²) in [6.07, 6.45) is 6.54. The number of fused-ring (bicyclic) bond motifs is 1. The van der Waals surface area contributed by atoms with Crippen LogP contribution in [0, 0.1) is 13.0 Å². The van der Waals surface area contributed by atoms with Gasteiger partial charge in [0.25, 0.3) is 0 Å². The van der Waals surface area contributed by atoms with Crippen LogP contribution >= 0.6 is 0 Å². The van der Waals surface area contributed by atoms with E-state index in [1.807, 2.05) is 0 Å². The summed E-state index contributed by atoms with van der Waals surface area (Å²) >= 11 is 0. The molecule has 0 aromatic rings. The molecule has 2 aliphatic rings. The Balaban J connectivity index is -0.000000235. The third kappa shape index (κ3) is 12.3. The molecule has 2 nitrogen and oxygen atoms in total. The molecule has 106 valence electrons. The summed E-state index contributed by atoms with van der Waals surface area (Å²) in [7, 11) is -1.22. The molecule has 0 N–H and O–H groups in total. The standard InChI is InChI=1S/C7H17OSi.C5H3OSi.2ClH.Ti/c1-5-6-7-8-9(2,3)4;6-3-1-4-5(2-3)7-4;;;/h1,5-7H2,2-4H3;1H,7H2;2*1H;/q2*-1;;;+4/p-2. The second-order valence-corrected chi connectivity index (χ2v) is 11.3. The van der Waals surface area contributed by atoms with E-state index in [2.05, 4.69) is 32.6 Å². The van der Waals surface area contributed by atoms with Crippen molar-refractivity contribution < 1.29 is 55.8 Å². The first-order valence-electron chi connectivity index (χ1n) is 5.73. The number of ketones is 1. The Morgan fingerprint density at radius 3 is 2.21 bits per heavy atom. The largest absolute Gasteiger partial charge is 4.00 e. The van der Waals surface area contributed by atoms with Crippen molar-refractivity contribution in [2.75, 3.05) is 6.61 Å². The molecule has 0 bridgehead atoms. The molecule has 1 heterocycles. The maximum absolute atomic E-state index is 10.3. The number of carbonyl (C=O) groups is 1. The van der Waals surface area contributed by atoms with Crippen LogP contribution in [-0.2, 0) is 30.9 Å². The summed E-state index contributed by atoms with van der Waals surface area (Å²) in [5.41, 5.74) is 0. The fourth-order valence-electron chi connectivity index (χ4n) is 1.23. The van der Waals surface area contributed by atoms with Gasteiger partial charge in [0.05, 0.1) is 5.78 Å². The van der Waals surface area contributed by atoms with Gasteiger partial charge in [0, 0.05) is 6.61 Å². The number of allylic oxidation sites excluding steroid dienone is 4. The van der Waals surface area contributed by atoms with E-state index >= 15 is 0 Å². The van der Waals surface area contributed by atoms with Gasteiger partial charge in [-0.2, -0.15) is 17.7 Å². The summed E-state index contributed by atoms with van der Waals surface area (Å²) in [6, 6.07) is 0. The number of unbranched alkanes of at least 4 members (excludes halogenated alkanes) is 1. The second kappa shape index (κ2) is 11.5. The summed E-state index contributed by atoms with van der Waals surface area (Å²) in [6.45, 7) is 11.3. The van der Waals surface area contributed by atoms with E-state index in [4.69, 9.17) is 4.43 Å². The number of halogens is 2. The number of hydrogen-bond donors (Lipinski definition) is 0. The monoisotopic (exact) mass is 370 g/mol. The first-order valence-corrected chi connectivity index (χ1v) is 10.6. The predicted molar refractivity (Wildman–Crippen MR) is 72.3 cm³/mol. The summed E-state index contributed by atoms with van der Waals surface area (Å²) in [5.74, 6) is 0.0868. The molecule has 7 heteroatoms. The molecule has 0 atom stereocenters. The van der Waals surface area contributed by atoms with Crippen molar-refractivity contribution in [3.05, 3.63) is 29.5 Å². The van der Waals surface area contributed by atoms with Crippen LogP contribution in [0.2, 0.25) is 19.6 Å². The van der Waals surface area contributed by atoms with Gasteiger partial charge in [-0.3, -0.25) is 0 Å². The van der Waals surface area contributed by atoms with Crippen molar-refractivity contribution in [2.45, 2.75) is 32.5 Å². The fourth-order valence-corrected chi connectivity index (χ4v) is 3.02. The molecule has 0 amide bonds. The summed E-state index contributed by atoms with van der Waals surface area (Å²) in [4.78, 5) is 10.3. The minimum atomic E-state index is -1.22. The normalized spacial score (nSPS) is 15.7. The van der Waals surface area contributed by atoms with Crippen molar-refractivity contribution >= 4 is 23.6 Å². The molecule has 0 spiro atoms. The van der Waals surface area contributed by atoms with Gasteiger partial charge in [-0.1, -0.05) is 6.42 Å². The van der Waals surface area contributed by atoms with Crippen LogP contribution in [0.5, 0.6) is 0 Å². The molecule has 1 fully saturated rings.